The fourth-order valence-electron chi connectivity index (χ4n) is 3.68. The Hall–Kier alpha value is -2.58. The normalized spacial score (nSPS) is 12.7. The molecule has 0 saturated carbocycles. The lowest BCUT2D eigenvalue weighted by Crippen LogP contribution is -2.55. The molecule has 0 aliphatic carbocycles. The largest absolute Gasteiger partial charge is 0.350 e. The van der Waals surface area contributed by atoms with Gasteiger partial charge >= 0.3 is 0 Å². The van der Waals surface area contributed by atoms with E-state index >= 15 is 0 Å². The molecule has 0 saturated heterocycles. The van der Waals surface area contributed by atoms with Crippen molar-refractivity contribution in [3.63, 3.8) is 0 Å². The zero-order chi connectivity index (χ0) is 26.6. The van der Waals surface area contributed by atoms with Crippen LogP contribution in [0.3, 0.4) is 0 Å². The highest BCUT2D eigenvalue weighted by Crippen LogP contribution is 2.24. The molecule has 192 valence electrons. The summed E-state index contributed by atoms with van der Waals surface area (Å²) in [5.74, 6) is -0.804. The molecule has 0 heterocycles. The van der Waals surface area contributed by atoms with E-state index in [1.54, 1.807) is 36.4 Å². The second-order valence-corrected chi connectivity index (χ2v) is 12.1. The smallest absolute Gasteiger partial charge is 0.244 e. The summed E-state index contributed by atoms with van der Waals surface area (Å²) in [7, 11) is -3.78. The lowest BCUT2D eigenvalue weighted by atomic mass is 10.1. The molecule has 0 radical (unpaired) electrons. The van der Waals surface area contributed by atoms with E-state index in [0.717, 1.165) is 21.7 Å². The lowest BCUT2D eigenvalue weighted by molar-refractivity contribution is -0.141. The van der Waals surface area contributed by atoms with Crippen molar-refractivity contribution in [2.45, 2.75) is 66.1 Å². The highest BCUT2D eigenvalue weighted by molar-refractivity contribution is 7.92. The fraction of sp³-hybridized carbons (Fsp3) is 0.462. The van der Waals surface area contributed by atoms with Crippen LogP contribution in [0.4, 0.5) is 5.69 Å². The molecule has 0 bridgehead atoms. The van der Waals surface area contributed by atoms with Crippen molar-refractivity contribution in [3.8, 4) is 0 Å². The van der Waals surface area contributed by atoms with Crippen LogP contribution in [-0.2, 0) is 26.2 Å². The van der Waals surface area contributed by atoms with Crippen LogP contribution in [0.5, 0.6) is 0 Å². The number of halogens is 1. The van der Waals surface area contributed by atoms with Crippen molar-refractivity contribution >= 4 is 39.1 Å². The van der Waals surface area contributed by atoms with Crippen molar-refractivity contribution < 1.29 is 18.0 Å². The van der Waals surface area contributed by atoms with Crippen LogP contribution >= 0.6 is 11.6 Å². The first kappa shape index (κ1) is 28.7. The molecule has 9 heteroatoms. The number of sulfonamides is 1. The number of benzene rings is 2. The first-order chi connectivity index (χ1) is 16.1. The maximum absolute atomic E-state index is 13.7. The molecule has 2 amide bonds. The summed E-state index contributed by atoms with van der Waals surface area (Å²) < 4.78 is 26.5. The molecule has 2 aromatic rings. The van der Waals surface area contributed by atoms with Crippen LogP contribution in [0.2, 0.25) is 5.02 Å². The van der Waals surface area contributed by atoms with Crippen molar-refractivity contribution in [1.29, 1.82) is 0 Å². The number of aryl methyl sites for hydroxylation is 2. The van der Waals surface area contributed by atoms with Gasteiger partial charge in [0.05, 0.1) is 11.9 Å². The van der Waals surface area contributed by atoms with Crippen molar-refractivity contribution in [2.24, 2.45) is 0 Å². The molecule has 0 aromatic heterocycles. The van der Waals surface area contributed by atoms with Gasteiger partial charge in [0, 0.05) is 17.1 Å². The Bertz CT molecular complexity index is 1180. The van der Waals surface area contributed by atoms with E-state index in [1.165, 1.54) is 4.90 Å². The van der Waals surface area contributed by atoms with Gasteiger partial charge in [0.25, 0.3) is 0 Å². The molecule has 0 fully saturated rings. The van der Waals surface area contributed by atoms with Crippen molar-refractivity contribution in [2.75, 3.05) is 17.1 Å². The van der Waals surface area contributed by atoms with E-state index in [0.29, 0.717) is 22.7 Å². The number of anilines is 1. The summed E-state index contributed by atoms with van der Waals surface area (Å²) in [4.78, 5) is 28.3. The van der Waals surface area contributed by atoms with E-state index in [9.17, 15) is 18.0 Å². The molecule has 0 aliphatic rings. The maximum Gasteiger partial charge on any atom is 0.244 e. The second kappa shape index (κ2) is 11.4. The number of rotatable bonds is 9. The van der Waals surface area contributed by atoms with Gasteiger partial charge in [0.1, 0.15) is 12.6 Å². The minimum absolute atomic E-state index is 0.0686. The number of hydrogen-bond acceptors (Lipinski definition) is 4. The van der Waals surface area contributed by atoms with Crippen LogP contribution in [0.15, 0.2) is 42.5 Å². The molecule has 1 atom stereocenters. The average Bonchev–Trinajstić information content (AvgIpc) is 2.73. The van der Waals surface area contributed by atoms with Crippen LogP contribution < -0.4 is 9.62 Å². The van der Waals surface area contributed by atoms with E-state index < -0.39 is 34.1 Å². The SMILES string of the molecule is CCC(C(=O)NC(C)(C)C)N(Cc1ccccc1Cl)C(=O)CN(c1ccc(C)c(C)c1)S(C)(=O)=O. The zero-order valence-electron chi connectivity index (χ0n) is 21.6. The highest BCUT2D eigenvalue weighted by atomic mass is 35.5. The number of amides is 2. The minimum atomic E-state index is -3.78. The minimum Gasteiger partial charge on any atom is -0.350 e. The van der Waals surface area contributed by atoms with Gasteiger partial charge in [-0.2, -0.15) is 0 Å². The number of hydrogen-bond donors (Lipinski definition) is 1. The zero-order valence-corrected chi connectivity index (χ0v) is 23.1. The van der Waals surface area contributed by atoms with Crippen molar-refractivity contribution in [1.82, 2.24) is 10.2 Å². The van der Waals surface area contributed by atoms with Gasteiger partial charge in [0.15, 0.2) is 0 Å². The summed E-state index contributed by atoms with van der Waals surface area (Å²) in [5, 5.41) is 3.40. The van der Waals surface area contributed by atoms with E-state index in [-0.39, 0.29) is 12.5 Å². The third kappa shape index (κ3) is 7.97. The van der Waals surface area contributed by atoms with Crippen LogP contribution in [0, 0.1) is 13.8 Å². The molecular formula is C26H36ClN3O4S. The summed E-state index contributed by atoms with van der Waals surface area (Å²) in [6.45, 7) is 10.9. The van der Waals surface area contributed by atoms with Gasteiger partial charge in [-0.15, -0.1) is 0 Å². The highest BCUT2D eigenvalue weighted by Gasteiger charge is 2.33. The fourth-order valence-corrected chi connectivity index (χ4v) is 4.71. The average molecular weight is 522 g/mol. The van der Waals surface area contributed by atoms with Gasteiger partial charge in [0.2, 0.25) is 21.8 Å². The number of carbonyl (C=O) groups excluding carboxylic acids is 2. The summed E-state index contributed by atoms with van der Waals surface area (Å²) >= 11 is 6.37. The Morgan fingerprint density at radius 3 is 2.20 bits per heavy atom. The predicted octanol–water partition coefficient (Wildman–Crippen LogP) is 4.44. The summed E-state index contributed by atoms with van der Waals surface area (Å²) in [6.07, 6.45) is 1.41. The Labute approximate surface area is 214 Å². The monoisotopic (exact) mass is 521 g/mol. The quantitative estimate of drug-likeness (QED) is 0.528. The molecule has 2 aromatic carbocycles. The van der Waals surface area contributed by atoms with E-state index in [2.05, 4.69) is 5.32 Å². The van der Waals surface area contributed by atoms with Crippen LogP contribution in [0.1, 0.15) is 50.8 Å². The Balaban J connectivity index is 2.49. The molecular weight excluding hydrogens is 486 g/mol. The number of nitrogens with one attached hydrogen (secondary N) is 1. The molecule has 1 unspecified atom stereocenters. The Morgan fingerprint density at radius 1 is 1.06 bits per heavy atom. The second-order valence-electron chi connectivity index (χ2n) is 9.81. The number of nitrogens with zero attached hydrogens (tertiary/aromatic N) is 2. The lowest BCUT2D eigenvalue weighted by Gasteiger charge is -2.34. The van der Waals surface area contributed by atoms with Gasteiger partial charge < -0.3 is 10.2 Å². The molecule has 1 N–H and O–H groups in total. The topological polar surface area (TPSA) is 86.8 Å². The first-order valence-electron chi connectivity index (χ1n) is 11.5. The Kier molecular flexibility index (Phi) is 9.36. The third-order valence-corrected chi connectivity index (χ3v) is 7.15. The molecule has 2 rings (SSSR count). The first-order valence-corrected chi connectivity index (χ1v) is 13.8. The van der Waals surface area contributed by atoms with Crippen LogP contribution in [0.25, 0.3) is 0 Å². The van der Waals surface area contributed by atoms with E-state index in [1.807, 2.05) is 47.6 Å². The van der Waals surface area contributed by atoms with Gasteiger partial charge in [-0.1, -0.05) is 42.8 Å². The van der Waals surface area contributed by atoms with E-state index in [4.69, 9.17) is 11.6 Å². The van der Waals surface area contributed by atoms with Crippen molar-refractivity contribution in [3.05, 3.63) is 64.2 Å². The molecule has 0 aliphatic heterocycles. The Morgan fingerprint density at radius 2 is 1.69 bits per heavy atom. The van der Waals surface area contributed by atoms with Gasteiger partial charge in [-0.05, 0) is 75.9 Å². The molecule has 7 nitrogen and oxygen atoms in total. The third-order valence-electron chi connectivity index (χ3n) is 5.64. The maximum atomic E-state index is 13.7. The van der Waals surface area contributed by atoms with Gasteiger partial charge in [-0.25, -0.2) is 8.42 Å². The predicted molar refractivity (Wildman–Crippen MR) is 142 cm³/mol. The number of carbonyl (C=O) groups is 2. The molecule has 0 spiro atoms. The molecule has 35 heavy (non-hydrogen) atoms. The summed E-state index contributed by atoms with van der Waals surface area (Å²) in [6, 6.07) is 11.5. The standard InChI is InChI=1S/C26H36ClN3O4S/c1-8-23(25(32)28-26(4,5)6)29(16-20-11-9-10-12-22(20)27)24(31)17-30(35(7,33)34)21-14-13-18(2)19(3)15-21/h9-15,23H,8,16-17H2,1-7H3,(H,28,32). The summed E-state index contributed by atoms with van der Waals surface area (Å²) in [5.41, 5.74) is 2.49. The van der Waals surface area contributed by atoms with Crippen LogP contribution in [-0.4, -0.2) is 49.5 Å². The van der Waals surface area contributed by atoms with Gasteiger partial charge in [-0.3, -0.25) is 13.9 Å².